The SMILES string of the molecule is CC(C)Oc1ncccc1-c1noc([C@@H]2C[C@H](N)[C@H]3C[C@H]32)n1. The molecule has 2 aliphatic rings. The van der Waals surface area contributed by atoms with Crippen molar-refractivity contribution in [3.63, 3.8) is 0 Å². The van der Waals surface area contributed by atoms with Gasteiger partial charge < -0.3 is 15.0 Å². The maximum Gasteiger partial charge on any atom is 0.230 e. The van der Waals surface area contributed by atoms with Crippen LogP contribution in [0.25, 0.3) is 11.4 Å². The summed E-state index contributed by atoms with van der Waals surface area (Å²) in [7, 11) is 0. The van der Waals surface area contributed by atoms with Crippen LogP contribution in [0.4, 0.5) is 0 Å². The van der Waals surface area contributed by atoms with Crippen molar-refractivity contribution in [1.29, 1.82) is 0 Å². The molecule has 0 radical (unpaired) electrons. The number of ether oxygens (including phenoxy) is 1. The molecule has 4 atom stereocenters. The Labute approximate surface area is 129 Å². The predicted octanol–water partition coefficient (Wildman–Crippen LogP) is 2.37. The molecule has 0 amide bonds. The molecular formula is C16H20N4O2. The van der Waals surface area contributed by atoms with E-state index in [1.165, 1.54) is 6.42 Å². The van der Waals surface area contributed by atoms with Crippen LogP contribution in [-0.4, -0.2) is 27.3 Å². The van der Waals surface area contributed by atoms with Crippen LogP contribution in [0, 0.1) is 11.8 Å². The Bertz CT molecular complexity index is 684. The molecule has 0 bridgehead atoms. The molecule has 6 nitrogen and oxygen atoms in total. The average molecular weight is 300 g/mol. The molecule has 6 heteroatoms. The van der Waals surface area contributed by atoms with Gasteiger partial charge in [0.25, 0.3) is 0 Å². The van der Waals surface area contributed by atoms with Crippen molar-refractivity contribution in [2.45, 2.75) is 44.8 Å². The largest absolute Gasteiger partial charge is 0.474 e. The van der Waals surface area contributed by atoms with Crippen LogP contribution in [0.5, 0.6) is 5.88 Å². The van der Waals surface area contributed by atoms with Gasteiger partial charge in [0.15, 0.2) is 0 Å². The molecule has 4 rings (SSSR count). The van der Waals surface area contributed by atoms with E-state index in [9.17, 15) is 0 Å². The molecule has 2 aromatic heterocycles. The van der Waals surface area contributed by atoms with Crippen LogP contribution in [0.3, 0.4) is 0 Å². The van der Waals surface area contributed by atoms with Gasteiger partial charge in [0.1, 0.15) is 0 Å². The van der Waals surface area contributed by atoms with Gasteiger partial charge in [-0.2, -0.15) is 4.98 Å². The highest BCUT2D eigenvalue weighted by molar-refractivity contribution is 5.60. The first-order valence-electron chi connectivity index (χ1n) is 7.84. The highest BCUT2D eigenvalue weighted by Gasteiger charge is 2.55. The van der Waals surface area contributed by atoms with Crippen LogP contribution in [0.1, 0.15) is 38.5 Å². The van der Waals surface area contributed by atoms with Gasteiger partial charge in [-0.15, -0.1) is 0 Å². The number of fused-ring (bicyclic) bond motifs is 1. The molecule has 22 heavy (non-hydrogen) atoms. The third kappa shape index (κ3) is 2.27. The molecular weight excluding hydrogens is 280 g/mol. The molecule has 0 unspecified atom stereocenters. The number of hydrogen-bond donors (Lipinski definition) is 1. The van der Waals surface area contributed by atoms with Crippen molar-refractivity contribution < 1.29 is 9.26 Å². The van der Waals surface area contributed by atoms with Gasteiger partial charge in [0.2, 0.25) is 17.6 Å². The van der Waals surface area contributed by atoms with Gasteiger partial charge in [0, 0.05) is 18.2 Å². The lowest BCUT2D eigenvalue weighted by atomic mass is 10.0. The molecule has 2 heterocycles. The summed E-state index contributed by atoms with van der Waals surface area (Å²) < 4.78 is 11.2. The van der Waals surface area contributed by atoms with E-state index in [1.807, 2.05) is 26.0 Å². The van der Waals surface area contributed by atoms with E-state index in [0.717, 1.165) is 12.0 Å². The van der Waals surface area contributed by atoms with Crippen LogP contribution >= 0.6 is 0 Å². The number of nitrogens with two attached hydrogens (primary N) is 1. The zero-order valence-corrected chi connectivity index (χ0v) is 12.8. The molecule has 2 aliphatic carbocycles. The van der Waals surface area contributed by atoms with Gasteiger partial charge in [-0.3, -0.25) is 0 Å². The van der Waals surface area contributed by atoms with Gasteiger partial charge in [0.05, 0.1) is 11.7 Å². The molecule has 2 saturated carbocycles. The number of rotatable bonds is 4. The second-order valence-corrected chi connectivity index (χ2v) is 6.55. The Hall–Kier alpha value is -1.95. The van der Waals surface area contributed by atoms with E-state index in [4.69, 9.17) is 15.0 Å². The summed E-state index contributed by atoms with van der Waals surface area (Å²) >= 11 is 0. The third-order valence-electron chi connectivity index (χ3n) is 4.60. The maximum absolute atomic E-state index is 6.12. The summed E-state index contributed by atoms with van der Waals surface area (Å²) in [5.41, 5.74) is 6.89. The van der Waals surface area contributed by atoms with Crippen molar-refractivity contribution in [1.82, 2.24) is 15.1 Å². The van der Waals surface area contributed by atoms with Gasteiger partial charge in [-0.1, -0.05) is 5.16 Å². The van der Waals surface area contributed by atoms with E-state index < -0.39 is 0 Å². The van der Waals surface area contributed by atoms with E-state index in [2.05, 4.69) is 15.1 Å². The molecule has 2 fully saturated rings. The molecule has 0 saturated heterocycles. The quantitative estimate of drug-likeness (QED) is 0.932. The summed E-state index contributed by atoms with van der Waals surface area (Å²) in [6.07, 6.45) is 3.88. The zero-order chi connectivity index (χ0) is 15.3. The van der Waals surface area contributed by atoms with Gasteiger partial charge in [-0.05, 0) is 50.7 Å². The summed E-state index contributed by atoms with van der Waals surface area (Å²) in [4.78, 5) is 8.86. The Kier molecular flexibility index (Phi) is 3.14. The number of pyridine rings is 1. The second kappa shape index (κ2) is 5.05. The lowest BCUT2D eigenvalue weighted by Gasteiger charge is -2.10. The van der Waals surface area contributed by atoms with Crippen LogP contribution in [0.15, 0.2) is 22.9 Å². The second-order valence-electron chi connectivity index (χ2n) is 6.55. The third-order valence-corrected chi connectivity index (χ3v) is 4.60. The standard InChI is InChI=1S/C16H20N4O2/c1-8(2)21-15-9(4-3-5-18-15)14-19-16(22-20-14)12-7-13(17)11-6-10(11)12/h3-5,8,10-13H,6-7,17H2,1-2H3/t10-,11+,12-,13+/m1/s1. The van der Waals surface area contributed by atoms with Crippen molar-refractivity contribution in [2.75, 3.05) is 0 Å². The van der Waals surface area contributed by atoms with Gasteiger partial charge >= 0.3 is 0 Å². The molecule has 116 valence electrons. The van der Waals surface area contributed by atoms with Crippen molar-refractivity contribution in [2.24, 2.45) is 17.6 Å². The first-order valence-corrected chi connectivity index (χ1v) is 7.84. The minimum atomic E-state index is 0.0417. The predicted molar refractivity (Wildman–Crippen MR) is 80.2 cm³/mol. The maximum atomic E-state index is 6.12. The number of nitrogens with zero attached hydrogens (tertiary/aromatic N) is 3. The van der Waals surface area contributed by atoms with Crippen molar-refractivity contribution in [3.8, 4) is 17.3 Å². The van der Waals surface area contributed by atoms with Crippen LogP contribution in [0.2, 0.25) is 0 Å². The fourth-order valence-electron chi connectivity index (χ4n) is 3.49. The molecule has 2 aromatic rings. The Morgan fingerprint density at radius 1 is 1.32 bits per heavy atom. The Morgan fingerprint density at radius 2 is 2.18 bits per heavy atom. The van der Waals surface area contributed by atoms with E-state index in [0.29, 0.717) is 35.3 Å². The average Bonchev–Trinajstić information content (AvgIpc) is 3.01. The Morgan fingerprint density at radius 3 is 2.86 bits per heavy atom. The minimum Gasteiger partial charge on any atom is -0.474 e. The van der Waals surface area contributed by atoms with Crippen LogP contribution in [-0.2, 0) is 0 Å². The lowest BCUT2D eigenvalue weighted by molar-refractivity contribution is 0.233. The van der Waals surface area contributed by atoms with Crippen LogP contribution < -0.4 is 10.5 Å². The molecule has 0 aromatic carbocycles. The first-order chi connectivity index (χ1) is 10.6. The number of hydrogen-bond acceptors (Lipinski definition) is 6. The molecule has 0 aliphatic heterocycles. The summed E-state index contributed by atoms with van der Waals surface area (Å²) in [6, 6.07) is 4.03. The lowest BCUT2D eigenvalue weighted by Crippen LogP contribution is -2.19. The summed E-state index contributed by atoms with van der Waals surface area (Å²) in [6.45, 7) is 3.93. The fourth-order valence-corrected chi connectivity index (χ4v) is 3.49. The summed E-state index contributed by atoms with van der Waals surface area (Å²) in [5, 5.41) is 4.13. The van der Waals surface area contributed by atoms with E-state index in [1.54, 1.807) is 6.20 Å². The van der Waals surface area contributed by atoms with E-state index in [-0.39, 0.29) is 12.1 Å². The Balaban J connectivity index is 1.62. The fraction of sp³-hybridized carbons (Fsp3) is 0.562. The number of aromatic nitrogens is 3. The normalized spacial score (nSPS) is 29.6. The topological polar surface area (TPSA) is 87.1 Å². The minimum absolute atomic E-state index is 0.0417. The highest BCUT2D eigenvalue weighted by atomic mass is 16.5. The smallest absolute Gasteiger partial charge is 0.230 e. The highest BCUT2D eigenvalue weighted by Crippen LogP contribution is 2.58. The monoisotopic (exact) mass is 300 g/mol. The first kappa shape index (κ1) is 13.7. The zero-order valence-electron chi connectivity index (χ0n) is 12.8. The van der Waals surface area contributed by atoms with Gasteiger partial charge in [-0.25, -0.2) is 4.98 Å². The summed E-state index contributed by atoms with van der Waals surface area (Å²) in [5.74, 6) is 3.37. The van der Waals surface area contributed by atoms with Crippen molar-refractivity contribution in [3.05, 3.63) is 24.2 Å². The molecule has 0 spiro atoms. The van der Waals surface area contributed by atoms with E-state index >= 15 is 0 Å². The van der Waals surface area contributed by atoms with Crippen molar-refractivity contribution >= 4 is 0 Å². The molecule has 2 N–H and O–H groups in total.